The fraction of sp³-hybridized carbons (Fsp3) is 0.650. The highest BCUT2D eigenvalue weighted by atomic mass is 16.5. The highest BCUT2D eigenvalue weighted by molar-refractivity contribution is 5.93. The van der Waals surface area contributed by atoms with Gasteiger partial charge >= 0.3 is 11.9 Å². The van der Waals surface area contributed by atoms with Crippen molar-refractivity contribution in [2.75, 3.05) is 13.2 Å². The van der Waals surface area contributed by atoms with Crippen molar-refractivity contribution in [2.24, 2.45) is 34.5 Å². The van der Waals surface area contributed by atoms with Gasteiger partial charge in [0.05, 0.1) is 18.9 Å². The van der Waals surface area contributed by atoms with Gasteiger partial charge in [0.25, 0.3) is 0 Å². The average molecular weight is 723 g/mol. The van der Waals surface area contributed by atoms with Crippen molar-refractivity contribution in [3.05, 3.63) is 47.5 Å². The number of aliphatic hydroxyl groups excluding tert-OH is 1. The molecule has 4 aliphatic rings. The Kier molecular flexibility index (Phi) is 11.8. The first-order chi connectivity index (χ1) is 24.5. The van der Waals surface area contributed by atoms with Crippen LogP contribution in [0.25, 0.3) is 0 Å². The molecule has 52 heavy (non-hydrogen) atoms. The highest BCUT2D eigenvalue weighted by Crippen LogP contribution is 2.67. The second-order valence-corrected chi connectivity index (χ2v) is 16.3. The third-order valence-electron chi connectivity index (χ3n) is 12.9. The number of rotatable bonds is 14. The molecule has 0 heterocycles. The first-order valence-electron chi connectivity index (χ1n) is 18.7. The van der Waals surface area contributed by atoms with Gasteiger partial charge in [0.1, 0.15) is 11.6 Å². The summed E-state index contributed by atoms with van der Waals surface area (Å²) in [4.78, 5) is 75.8. The summed E-state index contributed by atoms with van der Waals surface area (Å²) in [6, 6.07) is 8.04. The van der Waals surface area contributed by atoms with Crippen molar-refractivity contribution in [1.29, 1.82) is 0 Å². The summed E-state index contributed by atoms with van der Waals surface area (Å²) < 4.78 is 5.27. The Balaban J connectivity index is 1.12. The van der Waals surface area contributed by atoms with Gasteiger partial charge in [-0.25, -0.2) is 0 Å². The molecule has 5 rings (SSSR count). The van der Waals surface area contributed by atoms with Gasteiger partial charge in [0.15, 0.2) is 12.4 Å². The third-order valence-corrected chi connectivity index (χ3v) is 12.9. The summed E-state index contributed by atoms with van der Waals surface area (Å²) in [5.41, 5.74) is -1.13. The lowest BCUT2D eigenvalue weighted by molar-refractivity contribution is -0.184. The van der Waals surface area contributed by atoms with E-state index in [0.29, 0.717) is 19.3 Å². The maximum absolute atomic E-state index is 13.6. The van der Waals surface area contributed by atoms with E-state index in [1.807, 2.05) is 13.0 Å². The summed E-state index contributed by atoms with van der Waals surface area (Å²) in [6.45, 7) is 6.90. The molecule has 0 radical (unpaired) electrons. The molecular formula is C40H54N2O10. The van der Waals surface area contributed by atoms with Crippen LogP contribution in [-0.2, 0) is 33.5 Å². The maximum Gasteiger partial charge on any atom is 0.306 e. The number of hydrogen-bond acceptors (Lipinski definition) is 9. The number of carbonyl (C=O) groups is 6. The van der Waals surface area contributed by atoms with Crippen LogP contribution >= 0.6 is 0 Å². The number of allylic oxidation sites excluding steroid dienone is 1. The van der Waals surface area contributed by atoms with Crippen LogP contribution in [0.4, 0.5) is 0 Å². The van der Waals surface area contributed by atoms with Crippen molar-refractivity contribution in [1.82, 2.24) is 10.6 Å². The van der Waals surface area contributed by atoms with Crippen molar-refractivity contribution < 1.29 is 48.8 Å². The Hall–Kier alpha value is -3.90. The minimum atomic E-state index is -1.79. The number of carboxylic acid groups (broad SMARTS) is 1. The van der Waals surface area contributed by atoms with E-state index in [1.54, 1.807) is 44.2 Å². The standard InChI is InChI=1S/C40H54N2O10/c1-23(2)36(37(50)41-21-25(18-33(47)48)24-8-6-5-7-9-24)42-32(46)12-13-34(49)52-22-31(45)40(51)17-15-29-28-11-10-26-19-27(43)14-16-38(26,3)35(28)30(44)20-39(29,40)4/h5-9,19,23,25,28-30,35-36,44,51H,10-18,20-22H2,1-4H3,(H,41,50)(H,42,46)(H,47,48)/t25-,28+,29+,30-,35-,36+,38-,39-,40+/m0/s1. The topological polar surface area (TPSA) is 196 Å². The molecule has 0 spiro atoms. The molecule has 0 unspecified atom stereocenters. The van der Waals surface area contributed by atoms with E-state index in [4.69, 9.17) is 4.74 Å². The number of Topliss-reactive ketones (excluding diaryl/α,β-unsaturated/α-hetero) is 1. The molecule has 3 saturated carbocycles. The normalized spacial score (nSPS) is 32.0. The number of esters is 1. The SMILES string of the molecule is CC(C)[C@@H](NC(=O)CCC(=O)OCC(=O)[C@]1(O)CC[C@@H]2[C@H]3CCC4=CC(=O)CC[C@]4(C)[C@@H]3[C@@H](O)C[C@@]21C)C(=O)NC[C@H](CC(=O)O)c1ccccc1. The lowest BCUT2D eigenvalue weighted by Gasteiger charge is -2.60. The van der Waals surface area contributed by atoms with Crippen LogP contribution in [0.3, 0.4) is 0 Å². The van der Waals surface area contributed by atoms with Crippen LogP contribution in [0.2, 0.25) is 0 Å². The number of aliphatic hydroxyl groups is 2. The number of ether oxygens (including phenoxy) is 1. The molecule has 284 valence electrons. The van der Waals surface area contributed by atoms with Gasteiger partial charge in [0.2, 0.25) is 17.6 Å². The van der Waals surface area contributed by atoms with Crippen LogP contribution in [-0.4, -0.2) is 81.5 Å². The van der Waals surface area contributed by atoms with E-state index < -0.39 is 65.2 Å². The molecular weight excluding hydrogens is 668 g/mol. The molecule has 0 aliphatic heterocycles. The third kappa shape index (κ3) is 7.74. The Labute approximate surface area is 305 Å². The van der Waals surface area contributed by atoms with Gasteiger partial charge in [-0.05, 0) is 79.3 Å². The first-order valence-corrected chi connectivity index (χ1v) is 18.7. The molecule has 12 heteroatoms. The number of amides is 2. The zero-order valence-corrected chi connectivity index (χ0v) is 30.7. The minimum absolute atomic E-state index is 0.0160. The van der Waals surface area contributed by atoms with E-state index in [-0.39, 0.29) is 73.5 Å². The van der Waals surface area contributed by atoms with E-state index in [1.165, 1.54) is 0 Å². The quantitative estimate of drug-likeness (QED) is 0.177. The number of fused-ring (bicyclic) bond motifs is 5. The monoisotopic (exact) mass is 722 g/mol. The molecule has 0 bridgehead atoms. The summed E-state index contributed by atoms with van der Waals surface area (Å²) in [5.74, 6) is -4.12. The fourth-order valence-electron chi connectivity index (χ4n) is 10.1. The zero-order chi connectivity index (χ0) is 38.0. The number of carbonyl (C=O) groups excluding carboxylic acids is 5. The van der Waals surface area contributed by atoms with Crippen LogP contribution in [0, 0.1) is 34.5 Å². The second-order valence-electron chi connectivity index (χ2n) is 16.3. The first kappa shape index (κ1) is 39.3. The molecule has 3 fully saturated rings. The smallest absolute Gasteiger partial charge is 0.306 e. The van der Waals surface area contributed by atoms with Crippen LogP contribution < -0.4 is 10.6 Å². The van der Waals surface area contributed by atoms with Gasteiger partial charge in [-0.15, -0.1) is 0 Å². The maximum atomic E-state index is 13.6. The lowest BCUT2D eigenvalue weighted by atomic mass is 9.45. The van der Waals surface area contributed by atoms with Crippen molar-refractivity contribution in [3.8, 4) is 0 Å². The molecule has 2 amide bonds. The van der Waals surface area contributed by atoms with E-state index in [9.17, 15) is 44.1 Å². The lowest BCUT2D eigenvalue weighted by Crippen LogP contribution is -2.62. The van der Waals surface area contributed by atoms with Crippen molar-refractivity contribution >= 4 is 35.3 Å². The summed E-state index contributed by atoms with van der Waals surface area (Å²) in [6.07, 6.45) is 3.86. The van der Waals surface area contributed by atoms with Crippen molar-refractivity contribution in [2.45, 2.75) is 116 Å². The highest BCUT2D eigenvalue weighted by Gasteiger charge is 2.68. The van der Waals surface area contributed by atoms with E-state index >= 15 is 0 Å². The fourth-order valence-corrected chi connectivity index (χ4v) is 10.1. The molecule has 1 aromatic rings. The Morgan fingerprint density at radius 1 is 1.00 bits per heavy atom. The number of nitrogens with one attached hydrogen (secondary N) is 2. The molecule has 9 atom stereocenters. The Morgan fingerprint density at radius 3 is 2.38 bits per heavy atom. The van der Waals surface area contributed by atoms with Crippen molar-refractivity contribution in [3.63, 3.8) is 0 Å². The molecule has 1 aromatic carbocycles. The van der Waals surface area contributed by atoms with Crippen LogP contribution in [0.1, 0.15) is 103 Å². The Bertz CT molecular complexity index is 1590. The van der Waals surface area contributed by atoms with Crippen LogP contribution in [0.15, 0.2) is 42.0 Å². The summed E-state index contributed by atoms with van der Waals surface area (Å²) >= 11 is 0. The zero-order valence-electron chi connectivity index (χ0n) is 30.7. The second kappa shape index (κ2) is 15.6. The molecule has 12 nitrogen and oxygen atoms in total. The van der Waals surface area contributed by atoms with Gasteiger partial charge < -0.3 is 30.7 Å². The van der Waals surface area contributed by atoms with Gasteiger partial charge in [-0.3, -0.25) is 28.8 Å². The minimum Gasteiger partial charge on any atom is -0.481 e. The summed E-state index contributed by atoms with van der Waals surface area (Å²) in [7, 11) is 0. The largest absolute Gasteiger partial charge is 0.481 e. The van der Waals surface area contributed by atoms with Gasteiger partial charge in [0, 0.05) is 30.7 Å². The number of carboxylic acids is 1. The van der Waals surface area contributed by atoms with Gasteiger partial charge in [-0.2, -0.15) is 0 Å². The number of benzene rings is 1. The summed E-state index contributed by atoms with van der Waals surface area (Å²) in [5, 5.41) is 38.3. The molecule has 4 aliphatic carbocycles. The molecule has 5 N–H and O–H groups in total. The molecule has 0 aromatic heterocycles. The number of aliphatic carboxylic acids is 1. The van der Waals surface area contributed by atoms with Gasteiger partial charge in [-0.1, -0.05) is 63.6 Å². The van der Waals surface area contributed by atoms with E-state index in [0.717, 1.165) is 24.0 Å². The predicted octanol–water partition coefficient (Wildman–Crippen LogP) is 3.63. The van der Waals surface area contributed by atoms with Crippen LogP contribution in [0.5, 0.6) is 0 Å². The average Bonchev–Trinajstić information content (AvgIpc) is 3.37. The predicted molar refractivity (Wildman–Crippen MR) is 189 cm³/mol. The van der Waals surface area contributed by atoms with E-state index in [2.05, 4.69) is 17.6 Å². The number of ketones is 2. The molecule has 0 saturated heterocycles. The Morgan fingerprint density at radius 2 is 1.71 bits per heavy atom. The number of hydrogen-bond donors (Lipinski definition) is 5.